The zero-order valence-corrected chi connectivity index (χ0v) is 9.20. The van der Waals surface area contributed by atoms with Gasteiger partial charge in [-0.1, -0.05) is 0 Å². The van der Waals surface area contributed by atoms with Gasteiger partial charge in [0, 0.05) is 0 Å². The van der Waals surface area contributed by atoms with E-state index in [9.17, 15) is 4.79 Å². The number of aryl methyl sites for hydroxylation is 1. The van der Waals surface area contributed by atoms with E-state index in [0.29, 0.717) is 21.4 Å². The molecule has 70 valence electrons. The van der Waals surface area contributed by atoms with Crippen LogP contribution in [0.25, 0.3) is 0 Å². The Bertz CT molecular complexity index is 297. The third kappa shape index (κ3) is 3.21. The van der Waals surface area contributed by atoms with Gasteiger partial charge in [0.2, 0.25) is 0 Å². The van der Waals surface area contributed by atoms with E-state index in [1.54, 1.807) is 0 Å². The van der Waals surface area contributed by atoms with Gasteiger partial charge < -0.3 is 0 Å². The Labute approximate surface area is 84.1 Å². The second-order valence-electron chi connectivity index (χ2n) is 2.71. The van der Waals surface area contributed by atoms with Crippen LogP contribution in [0.2, 0.25) is 5.82 Å². The van der Waals surface area contributed by atoms with Crippen LogP contribution >= 0.6 is 0 Å². The van der Waals surface area contributed by atoms with E-state index in [4.69, 9.17) is 5.11 Å². The molecular weight excluding hydrogens is 231 g/mol. The molecule has 0 aliphatic rings. The summed E-state index contributed by atoms with van der Waals surface area (Å²) in [5, 5.41) is 8.54. The van der Waals surface area contributed by atoms with E-state index in [-0.39, 0.29) is 6.42 Å². The Morgan fingerprint density at radius 3 is 2.77 bits per heavy atom. The molecule has 1 N–H and O–H groups in total. The summed E-state index contributed by atoms with van der Waals surface area (Å²) in [4.78, 5) is 10.4. The summed E-state index contributed by atoms with van der Waals surface area (Å²) in [7, 11) is 0. The number of hydrogen-bond acceptors (Lipinski definition) is 1. The summed E-state index contributed by atoms with van der Waals surface area (Å²) in [5.74, 6) is 1.42. The third-order valence-corrected chi connectivity index (χ3v) is 3.56. The van der Waals surface area contributed by atoms with Crippen molar-refractivity contribution in [3.63, 3.8) is 0 Å². The molecule has 0 spiro atoms. The Morgan fingerprint density at radius 1 is 1.46 bits per heavy atom. The van der Waals surface area contributed by atoms with Gasteiger partial charge in [0.05, 0.1) is 0 Å². The van der Waals surface area contributed by atoms with Crippen molar-refractivity contribution >= 4 is 25.4 Å². The number of hydrogen-bond donors (Lipinski definition) is 1. The average Bonchev–Trinajstić information content (AvgIpc) is 2.15. The van der Waals surface area contributed by atoms with Gasteiger partial charge >= 0.3 is 83.8 Å². The van der Waals surface area contributed by atoms with Crippen LogP contribution in [0.5, 0.6) is 0 Å². The molecule has 0 atom stereocenters. The van der Waals surface area contributed by atoms with E-state index in [1.807, 2.05) is 18.2 Å². The predicted molar refractivity (Wildman–Crippen MR) is 53.7 cm³/mol. The first-order chi connectivity index (χ1) is 6.24. The first-order valence-electron chi connectivity index (χ1n) is 4.07. The van der Waals surface area contributed by atoms with Crippen LogP contribution in [0.3, 0.4) is 0 Å². The molecular formula is C10H12O2Se. The zero-order chi connectivity index (χ0) is 9.68. The van der Waals surface area contributed by atoms with Crippen molar-refractivity contribution in [2.75, 3.05) is 0 Å². The molecule has 0 unspecified atom stereocenters. The van der Waals surface area contributed by atoms with Gasteiger partial charge in [-0.05, 0) is 0 Å². The Kier molecular flexibility index (Phi) is 4.00. The van der Waals surface area contributed by atoms with E-state index in [0.717, 1.165) is 0 Å². The first kappa shape index (κ1) is 10.3. The molecule has 0 aliphatic carbocycles. The van der Waals surface area contributed by atoms with Crippen LogP contribution in [0, 0.1) is 0 Å². The molecule has 0 aromatic heterocycles. The van der Waals surface area contributed by atoms with Crippen LogP contribution in [0.15, 0.2) is 24.3 Å². The number of carboxylic acids is 1. The van der Waals surface area contributed by atoms with Crippen LogP contribution in [-0.4, -0.2) is 26.0 Å². The fraction of sp³-hybridized carbons (Fsp3) is 0.300. The predicted octanol–water partition coefficient (Wildman–Crippen LogP) is 1.08. The minimum atomic E-state index is -0.724. The van der Waals surface area contributed by atoms with Gasteiger partial charge in [0.1, 0.15) is 0 Å². The van der Waals surface area contributed by atoms with Gasteiger partial charge in [0.25, 0.3) is 0 Å². The molecule has 0 heterocycles. The number of carbonyl (C=O) groups is 1. The standard InChI is InChI=1S/C10H12O2Se/c1-13-9-5-3-2-4-8(9)6-7-10(11)12/h2-5H,6-7H2,1H3,(H,11,12). The van der Waals surface area contributed by atoms with Crippen LogP contribution in [0.4, 0.5) is 0 Å². The molecule has 0 fully saturated rings. The minimum absolute atomic E-state index is 0.229. The summed E-state index contributed by atoms with van der Waals surface area (Å²) in [6.45, 7) is 0. The summed E-state index contributed by atoms with van der Waals surface area (Å²) in [6, 6.07) is 8.07. The SMILES string of the molecule is C[Se]c1ccccc1CCC(=O)O. The van der Waals surface area contributed by atoms with E-state index in [1.165, 1.54) is 10.0 Å². The molecule has 2 nitrogen and oxygen atoms in total. The topological polar surface area (TPSA) is 37.3 Å². The second-order valence-corrected chi connectivity index (χ2v) is 4.48. The van der Waals surface area contributed by atoms with E-state index in [2.05, 4.69) is 11.9 Å². The molecule has 1 aromatic carbocycles. The average molecular weight is 243 g/mol. The van der Waals surface area contributed by atoms with Crippen molar-refractivity contribution in [2.24, 2.45) is 0 Å². The maximum absolute atomic E-state index is 10.4. The van der Waals surface area contributed by atoms with Crippen molar-refractivity contribution < 1.29 is 9.90 Å². The van der Waals surface area contributed by atoms with Crippen LogP contribution < -0.4 is 4.46 Å². The Morgan fingerprint density at radius 2 is 2.15 bits per heavy atom. The zero-order valence-electron chi connectivity index (χ0n) is 7.49. The van der Waals surface area contributed by atoms with Crippen molar-refractivity contribution in [1.82, 2.24) is 0 Å². The number of aliphatic carboxylic acids is 1. The van der Waals surface area contributed by atoms with Gasteiger partial charge in [0.15, 0.2) is 0 Å². The van der Waals surface area contributed by atoms with Crippen molar-refractivity contribution in [3.05, 3.63) is 29.8 Å². The van der Waals surface area contributed by atoms with Gasteiger partial charge in [-0.2, -0.15) is 0 Å². The molecule has 0 bridgehead atoms. The Balaban J connectivity index is 2.69. The number of carboxylic acid groups (broad SMARTS) is 1. The van der Waals surface area contributed by atoms with Gasteiger partial charge in [-0.25, -0.2) is 0 Å². The molecule has 3 heteroatoms. The summed E-state index contributed by atoms with van der Waals surface area (Å²) >= 11 is 0.453. The van der Waals surface area contributed by atoms with Gasteiger partial charge in [-0.3, -0.25) is 0 Å². The van der Waals surface area contributed by atoms with Crippen molar-refractivity contribution in [2.45, 2.75) is 18.7 Å². The fourth-order valence-corrected chi connectivity index (χ4v) is 2.51. The van der Waals surface area contributed by atoms with Crippen molar-refractivity contribution in [3.8, 4) is 0 Å². The normalized spacial score (nSPS) is 9.92. The first-order valence-corrected chi connectivity index (χ1v) is 6.64. The molecule has 0 aliphatic heterocycles. The van der Waals surface area contributed by atoms with Gasteiger partial charge in [-0.15, -0.1) is 0 Å². The summed E-state index contributed by atoms with van der Waals surface area (Å²) in [5.41, 5.74) is 1.19. The van der Waals surface area contributed by atoms with Crippen molar-refractivity contribution in [1.29, 1.82) is 0 Å². The quantitative estimate of drug-likeness (QED) is 0.803. The van der Waals surface area contributed by atoms with Crippen LogP contribution in [-0.2, 0) is 11.2 Å². The van der Waals surface area contributed by atoms with E-state index < -0.39 is 5.97 Å². The molecule has 13 heavy (non-hydrogen) atoms. The Hall–Kier alpha value is -0.791. The molecule has 0 amide bonds. The maximum atomic E-state index is 10.4. The van der Waals surface area contributed by atoms with Crippen LogP contribution in [0.1, 0.15) is 12.0 Å². The monoisotopic (exact) mass is 244 g/mol. The molecule has 0 radical (unpaired) electrons. The number of benzene rings is 1. The molecule has 0 saturated carbocycles. The van der Waals surface area contributed by atoms with E-state index >= 15 is 0 Å². The summed E-state index contributed by atoms with van der Waals surface area (Å²) in [6.07, 6.45) is 0.883. The molecule has 1 rings (SSSR count). The molecule has 1 aromatic rings. The molecule has 0 saturated heterocycles. The second kappa shape index (κ2) is 5.05. The number of rotatable bonds is 4. The third-order valence-electron chi connectivity index (χ3n) is 1.80. The fourth-order valence-electron chi connectivity index (χ4n) is 1.15. The summed E-state index contributed by atoms with van der Waals surface area (Å²) < 4.78 is 1.32.